The molecule has 30 heavy (non-hydrogen) atoms. The molecular weight excluding hydrogens is 380 g/mol. The Morgan fingerprint density at radius 3 is 2.70 bits per heavy atom. The highest BCUT2D eigenvalue weighted by Gasteiger charge is 2.25. The number of anilines is 2. The summed E-state index contributed by atoms with van der Waals surface area (Å²) in [6.45, 7) is 3.56. The van der Waals surface area contributed by atoms with Crippen molar-refractivity contribution in [2.45, 2.75) is 25.7 Å². The molecular formula is C23H24N4O3. The lowest BCUT2D eigenvalue weighted by Crippen LogP contribution is -2.35. The Hall–Kier alpha value is -3.61. The van der Waals surface area contributed by atoms with E-state index in [-0.39, 0.29) is 11.7 Å². The second kappa shape index (κ2) is 8.02. The van der Waals surface area contributed by atoms with E-state index in [2.05, 4.69) is 15.1 Å². The minimum atomic E-state index is -0.915. The number of nitrogen functional groups attached to an aromatic ring is 1. The largest absolute Gasteiger partial charge is 0.507 e. The Labute approximate surface area is 174 Å². The second-order valence-corrected chi connectivity index (χ2v) is 7.68. The van der Waals surface area contributed by atoms with Gasteiger partial charge in [0.1, 0.15) is 5.75 Å². The summed E-state index contributed by atoms with van der Waals surface area (Å²) in [5.41, 5.74) is 10.6. The van der Waals surface area contributed by atoms with Crippen molar-refractivity contribution < 1.29 is 15.0 Å². The van der Waals surface area contributed by atoms with Crippen molar-refractivity contribution in [2.75, 3.05) is 23.7 Å². The number of nitrogens with two attached hydrogens (primary N) is 1. The van der Waals surface area contributed by atoms with Crippen LogP contribution >= 0.6 is 0 Å². The number of para-hydroxylation sites is 1. The number of hydrogen-bond acceptors (Lipinski definition) is 6. The lowest BCUT2D eigenvalue weighted by Gasteiger charge is -2.35. The average Bonchev–Trinajstić information content (AvgIpc) is 2.74. The van der Waals surface area contributed by atoms with Gasteiger partial charge in [0.2, 0.25) is 0 Å². The van der Waals surface area contributed by atoms with Gasteiger partial charge in [0.15, 0.2) is 5.82 Å². The van der Waals surface area contributed by atoms with Crippen LogP contribution in [0.4, 0.5) is 11.5 Å². The van der Waals surface area contributed by atoms with E-state index in [0.717, 1.165) is 42.7 Å². The van der Waals surface area contributed by atoms with Gasteiger partial charge in [-0.25, -0.2) is 4.79 Å². The van der Waals surface area contributed by atoms with E-state index in [0.29, 0.717) is 22.6 Å². The topological polar surface area (TPSA) is 113 Å². The number of aromatic hydroxyl groups is 1. The number of nitrogens with zero attached hydrogens (tertiary/aromatic N) is 3. The molecule has 7 heteroatoms. The van der Waals surface area contributed by atoms with Gasteiger partial charge in [0, 0.05) is 24.6 Å². The third-order valence-corrected chi connectivity index (χ3v) is 5.70. The molecule has 4 N–H and O–H groups in total. The van der Waals surface area contributed by atoms with Crippen molar-refractivity contribution >= 4 is 17.5 Å². The molecule has 4 rings (SSSR count). The predicted octanol–water partition coefficient (Wildman–Crippen LogP) is 3.82. The molecule has 1 aromatic heterocycles. The van der Waals surface area contributed by atoms with E-state index < -0.39 is 5.97 Å². The first-order valence-corrected chi connectivity index (χ1v) is 9.94. The zero-order valence-electron chi connectivity index (χ0n) is 16.7. The summed E-state index contributed by atoms with van der Waals surface area (Å²) in [6, 6.07) is 14.2. The van der Waals surface area contributed by atoms with Crippen LogP contribution in [0.2, 0.25) is 0 Å². The number of hydrogen-bond donors (Lipinski definition) is 3. The molecule has 1 fully saturated rings. The first-order chi connectivity index (χ1) is 14.4. The highest BCUT2D eigenvalue weighted by Crippen LogP contribution is 2.36. The van der Waals surface area contributed by atoms with E-state index in [1.807, 2.05) is 25.1 Å². The van der Waals surface area contributed by atoms with Crippen LogP contribution in [0.15, 0.2) is 48.5 Å². The standard InChI is InChI=1S/C23H24N4O3/c1-14-11-15(23(29)30)8-9-17(14)16-5-4-10-27(13-16)20-12-19(25-26-22(20)24)18-6-2-3-7-21(18)28/h2-3,6-9,11-12,16,28H,4-5,10,13H2,1H3,(H2,24,26)(H,29,30). The number of aromatic nitrogens is 2. The number of carboxylic acid groups (broad SMARTS) is 1. The summed E-state index contributed by atoms with van der Waals surface area (Å²) >= 11 is 0. The molecule has 0 radical (unpaired) electrons. The van der Waals surface area contributed by atoms with Crippen LogP contribution in [0.1, 0.15) is 40.2 Å². The van der Waals surface area contributed by atoms with Gasteiger partial charge in [-0.15, -0.1) is 10.2 Å². The smallest absolute Gasteiger partial charge is 0.335 e. The number of rotatable bonds is 4. The minimum absolute atomic E-state index is 0.146. The van der Waals surface area contributed by atoms with E-state index in [4.69, 9.17) is 5.73 Å². The van der Waals surface area contributed by atoms with Crippen molar-refractivity contribution in [1.29, 1.82) is 0 Å². The summed E-state index contributed by atoms with van der Waals surface area (Å²) in [7, 11) is 0. The van der Waals surface area contributed by atoms with Gasteiger partial charge in [-0.05, 0) is 61.2 Å². The van der Waals surface area contributed by atoms with Crippen molar-refractivity contribution in [3.05, 3.63) is 65.2 Å². The van der Waals surface area contributed by atoms with E-state index in [9.17, 15) is 15.0 Å². The highest BCUT2D eigenvalue weighted by molar-refractivity contribution is 5.88. The summed E-state index contributed by atoms with van der Waals surface area (Å²) in [4.78, 5) is 13.4. The zero-order valence-corrected chi connectivity index (χ0v) is 16.7. The van der Waals surface area contributed by atoms with Gasteiger partial charge >= 0.3 is 5.97 Å². The van der Waals surface area contributed by atoms with Crippen molar-refractivity contribution in [1.82, 2.24) is 10.2 Å². The molecule has 1 unspecified atom stereocenters. The van der Waals surface area contributed by atoms with E-state index in [1.165, 1.54) is 0 Å². The number of aromatic carboxylic acids is 1. The number of carbonyl (C=O) groups is 1. The van der Waals surface area contributed by atoms with Crippen LogP contribution < -0.4 is 10.6 Å². The predicted molar refractivity (Wildman–Crippen MR) is 116 cm³/mol. The van der Waals surface area contributed by atoms with Crippen LogP contribution in [-0.4, -0.2) is 39.5 Å². The van der Waals surface area contributed by atoms with Crippen molar-refractivity contribution in [3.63, 3.8) is 0 Å². The van der Waals surface area contributed by atoms with Crippen LogP contribution in [0.3, 0.4) is 0 Å². The normalized spacial score (nSPS) is 16.4. The fraction of sp³-hybridized carbons (Fsp3) is 0.261. The maximum Gasteiger partial charge on any atom is 0.335 e. The van der Waals surface area contributed by atoms with Crippen molar-refractivity contribution in [2.24, 2.45) is 0 Å². The molecule has 1 saturated heterocycles. The molecule has 0 saturated carbocycles. The third kappa shape index (κ3) is 3.78. The fourth-order valence-electron chi connectivity index (χ4n) is 4.18. The molecule has 1 aliphatic rings. The molecule has 1 aliphatic heterocycles. The number of phenols is 1. The van der Waals surface area contributed by atoms with Crippen LogP contribution in [0.25, 0.3) is 11.3 Å². The number of aryl methyl sites for hydroxylation is 1. The van der Waals surface area contributed by atoms with Gasteiger partial charge in [0.05, 0.1) is 16.9 Å². The fourth-order valence-corrected chi connectivity index (χ4v) is 4.18. The molecule has 2 aromatic carbocycles. The van der Waals surface area contributed by atoms with E-state index in [1.54, 1.807) is 30.3 Å². The average molecular weight is 404 g/mol. The van der Waals surface area contributed by atoms with Crippen LogP contribution in [0, 0.1) is 6.92 Å². The first kappa shape index (κ1) is 19.7. The van der Waals surface area contributed by atoms with Gasteiger partial charge in [0.25, 0.3) is 0 Å². The maximum absolute atomic E-state index is 11.2. The number of benzene rings is 2. The lowest BCUT2D eigenvalue weighted by molar-refractivity contribution is 0.0696. The molecule has 154 valence electrons. The molecule has 0 spiro atoms. The molecule has 3 aromatic rings. The lowest BCUT2D eigenvalue weighted by atomic mass is 9.87. The maximum atomic E-state index is 11.2. The zero-order chi connectivity index (χ0) is 21.3. The first-order valence-electron chi connectivity index (χ1n) is 9.94. The Balaban J connectivity index is 1.63. The number of piperidine rings is 1. The molecule has 1 atom stereocenters. The van der Waals surface area contributed by atoms with Gasteiger partial charge in [-0.2, -0.15) is 0 Å². The summed E-state index contributed by atoms with van der Waals surface area (Å²) in [5.74, 6) is -0.147. The Morgan fingerprint density at radius 1 is 1.17 bits per heavy atom. The summed E-state index contributed by atoms with van der Waals surface area (Å²) < 4.78 is 0. The molecule has 0 aliphatic carbocycles. The molecule has 0 amide bonds. The quantitative estimate of drug-likeness (QED) is 0.606. The Kier molecular flexibility index (Phi) is 5.27. The third-order valence-electron chi connectivity index (χ3n) is 5.70. The van der Waals surface area contributed by atoms with Gasteiger partial charge in [-0.3, -0.25) is 0 Å². The number of phenolic OH excluding ortho intramolecular Hbond substituents is 1. The van der Waals surface area contributed by atoms with Gasteiger partial charge < -0.3 is 20.8 Å². The Bertz CT molecular complexity index is 1100. The van der Waals surface area contributed by atoms with E-state index >= 15 is 0 Å². The summed E-state index contributed by atoms with van der Waals surface area (Å²) in [6.07, 6.45) is 2.01. The number of carboxylic acids is 1. The van der Waals surface area contributed by atoms with Crippen molar-refractivity contribution in [3.8, 4) is 17.0 Å². The summed E-state index contributed by atoms with van der Waals surface area (Å²) in [5, 5.41) is 27.7. The van der Waals surface area contributed by atoms with Crippen LogP contribution in [-0.2, 0) is 0 Å². The second-order valence-electron chi connectivity index (χ2n) is 7.68. The minimum Gasteiger partial charge on any atom is -0.507 e. The van der Waals surface area contributed by atoms with Gasteiger partial charge in [-0.1, -0.05) is 18.2 Å². The molecule has 2 heterocycles. The Morgan fingerprint density at radius 2 is 1.97 bits per heavy atom. The molecule has 0 bridgehead atoms. The monoisotopic (exact) mass is 404 g/mol. The highest BCUT2D eigenvalue weighted by atomic mass is 16.4. The van der Waals surface area contributed by atoms with Crippen LogP contribution in [0.5, 0.6) is 5.75 Å². The SMILES string of the molecule is Cc1cc(C(=O)O)ccc1C1CCCN(c2cc(-c3ccccc3O)nnc2N)C1. The molecule has 7 nitrogen and oxygen atoms in total.